The molecule has 25 heavy (non-hydrogen) atoms. The third-order valence-electron chi connectivity index (χ3n) is 4.21. The van der Waals surface area contributed by atoms with Gasteiger partial charge in [-0.05, 0) is 57.7 Å². The first-order chi connectivity index (χ1) is 11.8. The van der Waals surface area contributed by atoms with Crippen LogP contribution >= 0.6 is 0 Å². The van der Waals surface area contributed by atoms with Crippen molar-refractivity contribution in [2.24, 2.45) is 0 Å². The first-order valence-corrected chi connectivity index (χ1v) is 8.90. The zero-order chi connectivity index (χ0) is 18.4. The third-order valence-corrected chi connectivity index (χ3v) is 4.21. The van der Waals surface area contributed by atoms with Crippen LogP contribution in [0, 0.1) is 13.8 Å². The van der Waals surface area contributed by atoms with Gasteiger partial charge in [0.25, 0.3) is 5.91 Å². The molecule has 0 aromatic heterocycles. The Bertz CT molecular complexity index is 707. The molecule has 0 aliphatic rings. The number of benzene rings is 2. The molecule has 0 fully saturated rings. The Kier molecular flexibility index (Phi) is 6.24. The Morgan fingerprint density at radius 3 is 2.40 bits per heavy atom. The van der Waals surface area contributed by atoms with Crippen molar-refractivity contribution >= 4 is 5.91 Å². The van der Waals surface area contributed by atoms with E-state index in [0.717, 1.165) is 17.7 Å². The molecule has 0 bridgehead atoms. The molecule has 0 aliphatic carbocycles. The van der Waals surface area contributed by atoms with Crippen LogP contribution in [-0.4, -0.2) is 17.6 Å². The summed E-state index contributed by atoms with van der Waals surface area (Å²) in [7, 11) is 0. The van der Waals surface area contributed by atoms with E-state index in [2.05, 4.69) is 23.5 Å². The topological polar surface area (TPSA) is 38.3 Å². The molecule has 0 saturated carbocycles. The SMILES string of the molecule is CCC(Oc1ccc(C)cc1C)C(=O)NC(C)(C)Cc1ccccc1. The monoisotopic (exact) mass is 339 g/mol. The normalized spacial score (nSPS) is 12.5. The highest BCUT2D eigenvalue weighted by Gasteiger charge is 2.26. The molecule has 0 aliphatic heterocycles. The fourth-order valence-electron chi connectivity index (χ4n) is 2.97. The van der Waals surface area contributed by atoms with Gasteiger partial charge in [0.1, 0.15) is 5.75 Å². The Hall–Kier alpha value is -2.29. The lowest BCUT2D eigenvalue weighted by Gasteiger charge is -2.29. The Labute approximate surface area is 151 Å². The predicted molar refractivity (Wildman–Crippen MR) is 103 cm³/mol. The second-order valence-electron chi connectivity index (χ2n) is 7.32. The van der Waals surface area contributed by atoms with Crippen molar-refractivity contribution in [3.05, 3.63) is 65.2 Å². The average molecular weight is 339 g/mol. The molecule has 0 heterocycles. The molecule has 3 nitrogen and oxygen atoms in total. The van der Waals surface area contributed by atoms with E-state index in [1.165, 1.54) is 11.1 Å². The summed E-state index contributed by atoms with van der Waals surface area (Å²) in [4.78, 5) is 12.7. The summed E-state index contributed by atoms with van der Waals surface area (Å²) in [5, 5.41) is 3.14. The number of carbonyl (C=O) groups excluding carboxylic acids is 1. The molecule has 1 unspecified atom stereocenters. The molecule has 3 heteroatoms. The van der Waals surface area contributed by atoms with Crippen LogP contribution in [0.1, 0.15) is 43.9 Å². The van der Waals surface area contributed by atoms with E-state index >= 15 is 0 Å². The largest absolute Gasteiger partial charge is 0.480 e. The summed E-state index contributed by atoms with van der Waals surface area (Å²) >= 11 is 0. The number of hydrogen-bond donors (Lipinski definition) is 1. The Morgan fingerprint density at radius 2 is 1.80 bits per heavy atom. The number of ether oxygens (including phenoxy) is 1. The minimum atomic E-state index is -0.489. The van der Waals surface area contributed by atoms with Crippen LogP contribution < -0.4 is 10.1 Å². The van der Waals surface area contributed by atoms with Gasteiger partial charge in [0.05, 0.1) is 0 Å². The molecule has 0 spiro atoms. The van der Waals surface area contributed by atoms with Crippen LogP contribution in [0.3, 0.4) is 0 Å². The van der Waals surface area contributed by atoms with Gasteiger partial charge in [-0.25, -0.2) is 0 Å². The number of amides is 1. The van der Waals surface area contributed by atoms with Crippen LogP contribution in [0.4, 0.5) is 0 Å². The van der Waals surface area contributed by atoms with Gasteiger partial charge in [-0.2, -0.15) is 0 Å². The standard InChI is InChI=1S/C22H29NO2/c1-6-19(25-20-13-12-16(2)14-17(20)3)21(24)23-22(4,5)15-18-10-8-7-9-11-18/h7-14,19H,6,15H2,1-5H3,(H,23,24). The van der Waals surface area contributed by atoms with Crippen LogP contribution in [0.25, 0.3) is 0 Å². The fourth-order valence-corrected chi connectivity index (χ4v) is 2.97. The van der Waals surface area contributed by atoms with Gasteiger partial charge in [-0.3, -0.25) is 4.79 Å². The van der Waals surface area contributed by atoms with Crippen LogP contribution in [0.2, 0.25) is 0 Å². The van der Waals surface area contributed by atoms with E-state index < -0.39 is 6.10 Å². The Balaban J connectivity index is 2.03. The van der Waals surface area contributed by atoms with E-state index in [0.29, 0.717) is 6.42 Å². The summed E-state index contributed by atoms with van der Waals surface area (Å²) in [6.07, 6.45) is 0.914. The van der Waals surface area contributed by atoms with Gasteiger partial charge in [0.15, 0.2) is 6.10 Å². The van der Waals surface area contributed by atoms with E-state index in [9.17, 15) is 4.79 Å². The van der Waals surface area contributed by atoms with Gasteiger partial charge >= 0.3 is 0 Å². The highest BCUT2D eigenvalue weighted by molar-refractivity contribution is 5.81. The lowest BCUT2D eigenvalue weighted by molar-refractivity contribution is -0.129. The average Bonchev–Trinajstić information content (AvgIpc) is 2.54. The van der Waals surface area contributed by atoms with Gasteiger partial charge in [0.2, 0.25) is 0 Å². The van der Waals surface area contributed by atoms with Crippen LogP contribution in [0.5, 0.6) is 5.75 Å². The predicted octanol–water partition coefficient (Wildman–Crippen LogP) is 4.60. The van der Waals surface area contributed by atoms with Gasteiger partial charge in [0, 0.05) is 5.54 Å². The number of hydrogen-bond acceptors (Lipinski definition) is 2. The number of aryl methyl sites for hydroxylation is 2. The molecule has 2 aromatic carbocycles. The molecular weight excluding hydrogens is 310 g/mol. The lowest BCUT2D eigenvalue weighted by atomic mass is 9.94. The summed E-state index contributed by atoms with van der Waals surface area (Å²) in [5.41, 5.74) is 3.11. The van der Waals surface area contributed by atoms with Gasteiger partial charge in [-0.1, -0.05) is 55.0 Å². The summed E-state index contributed by atoms with van der Waals surface area (Å²) in [6.45, 7) is 10.1. The number of rotatable bonds is 7. The second-order valence-corrected chi connectivity index (χ2v) is 7.32. The number of carbonyl (C=O) groups is 1. The summed E-state index contributed by atoms with van der Waals surface area (Å²) in [6, 6.07) is 16.2. The van der Waals surface area contributed by atoms with Crippen LogP contribution in [-0.2, 0) is 11.2 Å². The van der Waals surface area contributed by atoms with E-state index in [1.54, 1.807) is 0 Å². The van der Waals surface area contributed by atoms with E-state index in [-0.39, 0.29) is 11.4 Å². The summed E-state index contributed by atoms with van der Waals surface area (Å²) < 4.78 is 6.00. The quantitative estimate of drug-likeness (QED) is 0.801. The van der Waals surface area contributed by atoms with E-state index in [1.807, 2.05) is 65.0 Å². The highest BCUT2D eigenvalue weighted by Crippen LogP contribution is 2.21. The van der Waals surface area contributed by atoms with Crippen LogP contribution in [0.15, 0.2) is 48.5 Å². The molecular formula is C22H29NO2. The first kappa shape index (κ1) is 19.0. The third kappa shape index (κ3) is 5.63. The van der Waals surface area contributed by atoms with Crippen molar-refractivity contribution in [1.82, 2.24) is 5.32 Å². The molecule has 0 radical (unpaired) electrons. The van der Waals surface area contributed by atoms with Crippen molar-refractivity contribution in [2.75, 3.05) is 0 Å². The molecule has 2 aromatic rings. The summed E-state index contributed by atoms with van der Waals surface area (Å²) in [5.74, 6) is 0.705. The lowest BCUT2D eigenvalue weighted by Crippen LogP contribution is -2.50. The van der Waals surface area contributed by atoms with Crippen molar-refractivity contribution in [2.45, 2.75) is 59.1 Å². The maximum absolute atomic E-state index is 12.7. The van der Waals surface area contributed by atoms with Crippen molar-refractivity contribution < 1.29 is 9.53 Å². The smallest absolute Gasteiger partial charge is 0.261 e. The molecule has 1 atom stereocenters. The fraction of sp³-hybridized carbons (Fsp3) is 0.409. The number of nitrogens with one attached hydrogen (secondary N) is 1. The van der Waals surface area contributed by atoms with Crippen molar-refractivity contribution in [3.63, 3.8) is 0 Å². The van der Waals surface area contributed by atoms with Gasteiger partial charge in [-0.15, -0.1) is 0 Å². The highest BCUT2D eigenvalue weighted by atomic mass is 16.5. The second kappa shape index (κ2) is 8.19. The molecule has 134 valence electrons. The van der Waals surface area contributed by atoms with Crippen molar-refractivity contribution in [3.8, 4) is 5.75 Å². The maximum atomic E-state index is 12.7. The minimum absolute atomic E-state index is 0.0663. The molecule has 0 saturated heterocycles. The maximum Gasteiger partial charge on any atom is 0.261 e. The zero-order valence-electron chi connectivity index (χ0n) is 15.9. The molecule has 1 amide bonds. The first-order valence-electron chi connectivity index (χ1n) is 8.90. The zero-order valence-corrected chi connectivity index (χ0v) is 15.9. The van der Waals surface area contributed by atoms with Crippen molar-refractivity contribution in [1.29, 1.82) is 0 Å². The van der Waals surface area contributed by atoms with Gasteiger partial charge < -0.3 is 10.1 Å². The molecule has 1 N–H and O–H groups in total. The molecule has 2 rings (SSSR count). The Morgan fingerprint density at radius 1 is 1.12 bits per heavy atom. The minimum Gasteiger partial charge on any atom is -0.480 e. The van der Waals surface area contributed by atoms with E-state index in [4.69, 9.17) is 4.74 Å².